The monoisotopic (exact) mass is 291 g/mol. The number of rotatable bonds is 5. The Bertz CT molecular complexity index is 673. The number of hydrogen-bond donors (Lipinski definition) is 2. The Morgan fingerprint density at radius 3 is 2.48 bits per heavy atom. The number of hydrogen-bond acceptors (Lipinski definition) is 4. The van der Waals surface area contributed by atoms with Gasteiger partial charge in [0, 0.05) is 0 Å². The summed E-state index contributed by atoms with van der Waals surface area (Å²) in [4.78, 5) is 11.2. The summed E-state index contributed by atoms with van der Waals surface area (Å²) in [5.41, 5.74) is 4.59. The molecule has 0 heterocycles. The maximum absolute atomic E-state index is 13.4. The second-order valence-corrected chi connectivity index (χ2v) is 4.12. The maximum atomic E-state index is 13.4. The normalized spacial score (nSPS) is 10.2. The molecule has 0 bridgehead atoms. The van der Waals surface area contributed by atoms with E-state index in [9.17, 15) is 9.18 Å². The third-order valence-corrected chi connectivity index (χ3v) is 2.74. The van der Waals surface area contributed by atoms with Crippen LogP contribution in [0.1, 0.15) is 17.3 Å². The van der Waals surface area contributed by atoms with Gasteiger partial charge in [-0.2, -0.15) is 0 Å². The van der Waals surface area contributed by atoms with Gasteiger partial charge in [-0.15, -0.1) is 0 Å². The zero-order valence-corrected chi connectivity index (χ0v) is 11.3. The number of ether oxygens (including phenoxy) is 2. The van der Waals surface area contributed by atoms with Crippen molar-refractivity contribution in [3.05, 3.63) is 47.8 Å². The molecule has 2 aromatic carbocycles. The highest BCUT2D eigenvalue weighted by atomic mass is 19.1. The van der Waals surface area contributed by atoms with E-state index in [0.29, 0.717) is 18.1 Å². The van der Waals surface area contributed by atoms with E-state index in [1.165, 1.54) is 6.07 Å². The number of carbonyl (C=O) groups is 1. The zero-order valence-electron chi connectivity index (χ0n) is 11.3. The fraction of sp³-hybridized carbons (Fsp3) is 0.133. The summed E-state index contributed by atoms with van der Waals surface area (Å²) in [6.07, 6.45) is 0. The van der Waals surface area contributed by atoms with Crippen LogP contribution in [0.25, 0.3) is 0 Å². The molecule has 0 aromatic heterocycles. The second kappa shape index (κ2) is 6.13. The average Bonchev–Trinajstić information content (AvgIpc) is 2.45. The van der Waals surface area contributed by atoms with Crippen molar-refractivity contribution in [2.24, 2.45) is 0 Å². The molecule has 0 saturated carbocycles. The van der Waals surface area contributed by atoms with Gasteiger partial charge in [-0.3, -0.25) is 0 Å². The molecule has 0 saturated heterocycles. The lowest BCUT2D eigenvalue weighted by atomic mass is 10.1. The molecular weight excluding hydrogens is 277 g/mol. The Balaban J connectivity index is 2.45. The van der Waals surface area contributed by atoms with E-state index >= 15 is 0 Å². The predicted octanol–water partition coefficient (Wildman–Crippen LogP) is 3.30. The van der Waals surface area contributed by atoms with Gasteiger partial charge in [0.25, 0.3) is 0 Å². The first-order valence-electron chi connectivity index (χ1n) is 6.25. The summed E-state index contributed by atoms with van der Waals surface area (Å²) < 4.78 is 24.3. The standard InChI is InChI=1S/C15H14FNO4/c1-2-20-10-5-3-4-6-11(10)21-12-8-7-9(16)14(17)13(12)15(18)19/h3-8H,2,17H2,1H3,(H,18,19). The molecule has 0 atom stereocenters. The molecule has 0 radical (unpaired) electrons. The third kappa shape index (κ3) is 3.05. The van der Waals surface area contributed by atoms with Crippen LogP contribution in [0.4, 0.5) is 10.1 Å². The smallest absolute Gasteiger partial charge is 0.341 e. The number of halogens is 1. The van der Waals surface area contributed by atoms with Crippen LogP contribution in [0.5, 0.6) is 17.2 Å². The number of para-hydroxylation sites is 2. The highest BCUT2D eigenvalue weighted by molar-refractivity contribution is 5.97. The number of benzene rings is 2. The van der Waals surface area contributed by atoms with E-state index in [1.54, 1.807) is 24.3 Å². The molecular formula is C15H14FNO4. The predicted molar refractivity (Wildman–Crippen MR) is 75.5 cm³/mol. The van der Waals surface area contributed by atoms with Crippen molar-refractivity contribution < 1.29 is 23.8 Å². The Kier molecular flexibility index (Phi) is 4.27. The number of anilines is 1. The van der Waals surface area contributed by atoms with Crippen LogP contribution in [0, 0.1) is 5.82 Å². The quantitative estimate of drug-likeness (QED) is 0.826. The Morgan fingerprint density at radius 2 is 1.86 bits per heavy atom. The molecule has 0 spiro atoms. The molecule has 0 unspecified atom stereocenters. The molecule has 0 aliphatic rings. The minimum atomic E-state index is -1.36. The molecule has 110 valence electrons. The van der Waals surface area contributed by atoms with Gasteiger partial charge in [0.2, 0.25) is 0 Å². The highest BCUT2D eigenvalue weighted by Crippen LogP contribution is 2.35. The SMILES string of the molecule is CCOc1ccccc1Oc1ccc(F)c(N)c1C(=O)O. The summed E-state index contributed by atoms with van der Waals surface area (Å²) in [6, 6.07) is 9.06. The van der Waals surface area contributed by atoms with Gasteiger partial charge >= 0.3 is 5.97 Å². The first-order valence-corrected chi connectivity index (χ1v) is 6.25. The van der Waals surface area contributed by atoms with E-state index in [-0.39, 0.29) is 5.75 Å². The van der Waals surface area contributed by atoms with Gasteiger partial charge in [0.15, 0.2) is 11.5 Å². The molecule has 3 N–H and O–H groups in total. The van der Waals surface area contributed by atoms with Crippen molar-refractivity contribution >= 4 is 11.7 Å². The molecule has 0 aliphatic carbocycles. The van der Waals surface area contributed by atoms with Crippen LogP contribution in [-0.2, 0) is 0 Å². The summed E-state index contributed by atoms with van der Waals surface area (Å²) in [7, 11) is 0. The number of nitrogen functional groups attached to an aromatic ring is 1. The van der Waals surface area contributed by atoms with Crippen molar-refractivity contribution in [3.8, 4) is 17.2 Å². The largest absolute Gasteiger partial charge is 0.490 e. The summed E-state index contributed by atoms with van der Waals surface area (Å²) in [6.45, 7) is 2.24. The minimum absolute atomic E-state index is 0.0476. The van der Waals surface area contributed by atoms with Crippen LogP contribution in [0.2, 0.25) is 0 Å². The average molecular weight is 291 g/mol. The van der Waals surface area contributed by atoms with Crippen LogP contribution in [0.3, 0.4) is 0 Å². The van der Waals surface area contributed by atoms with E-state index in [0.717, 1.165) is 6.07 Å². The van der Waals surface area contributed by atoms with Gasteiger partial charge in [0.05, 0.1) is 12.3 Å². The summed E-state index contributed by atoms with van der Waals surface area (Å²) in [5.74, 6) is -1.44. The van der Waals surface area contributed by atoms with Crippen LogP contribution >= 0.6 is 0 Å². The molecule has 6 heteroatoms. The highest BCUT2D eigenvalue weighted by Gasteiger charge is 2.20. The fourth-order valence-corrected chi connectivity index (χ4v) is 1.81. The maximum Gasteiger partial charge on any atom is 0.341 e. The second-order valence-electron chi connectivity index (χ2n) is 4.12. The van der Waals surface area contributed by atoms with Gasteiger partial charge in [-0.05, 0) is 31.2 Å². The summed E-state index contributed by atoms with van der Waals surface area (Å²) >= 11 is 0. The van der Waals surface area contributed by atoms with E-state index < -0.39 is 23.0 Å². The van der Waals surface area contributed by atoms with Gasteiger partial charge in [-0.25, -0.2) is 9.18 Å². The molecule has 5 nitrogen and oxygen atoms in total. The van der Waals surface area contributed by atoms with Gasteiger partial charge in [-0.1, -0.05) is 12.1 Å². The van der Waals surface area contributed by atoms with E-state index in [4.69, 9.17) is 20.3 Å². The topological polar surface area (TPSA) is 81.8 Å². The molecule has 21 heavy (non-hydrogen) atoms. The minimum Gasteiger partial charge on any atom is -0.490 e. The molecule has 2 rings (SSSR count). The Morgan fingerprint density at radius 1 is 1.19 bits per heavy atom. The van der Waals surface area contributed by atoms with E-state index in [2.05, 4.69) is 0 Å². The van der Waals surface area contributed by atoms with Gasteiger partial charge < -0.3 is 20.3 Å². The Hall–Kier alpha value is -2.76. The van der Waals surface area contributed by atoms with Crippen molar-refractivity contribution in [3.63, 3.8) is 0 Å². The lowest BCUT2D eigenvalue weighted by Crippen LogP contribution is -2.07. The molecule has 0 fully saturated rings. The third-order valence-electron chi connectivity index (χ3n) is 2.74. The van der Waals surface area contributed by atoms with Crippen LogP contribution in [0.15, 0.2) is 36.4 Å². The van der Waals surface area contributed by atoms with Crippen molar-refractivity contribution in [2.75, 3.05) is 12.3 Å². The zero-order chi connectivity index (χ0) is 15.4. The lowest BCUT2D eigenvalue weighted by Gasteiger charge is -2.14. The number of aromatic carboxylic acids is 1. The summed E-state index contributed by atoms with van der Waals surface area (Å²) in [5, 5.41) is 9.16. The van der Waals surface area contributed by atoms with Gasteiger partial charge in [0.1, 0.15) is 17.1 Å². The number of carboxylic acid groups (broad SMARTS) is 1. The van der Waals surface area contributed by atoms with Crippen LogP contribution in [-0.4, -0.2) is 17.7 Å². The molecule has 0 amide bonds. The number of carboxylic acids is 1. The first kappa shape index (κ1) is 14.6. The van der Waals surface area contributed by atoms with Crippen molar-refractivity contribution in [1.29, 1.82) is 0 Å². The first-order chi connectivity index (χ1) is 10.0. The van der Waals surface area contributed by atoms with E-state index in [1.807, 2.05) is 6.92 Å². The molecule has 0 aliphatic heterocycles. The van der Waals surface area contributed by atoms with Crippen molar-refractivity contribution in [2.45, 2.75) is 6.92 Å². The number of nitrogens with two attached hydrogens (primary N) is 1. The lowest BCUT2D eigenvalue weighted by molar-refractivity contribution is 0.0694. The molecule has 2 aromatic rings. The fourth-order valence-electron chi connectivity index (χ4n) is 1.81. The van der Waals surface area contributed by atoms with Crippen molar-refractivity contribution in [1.82, 2.24) is 0 Å². The van der Waals surface area contributed by atoms with Crippen LogP contribution < -0.4 is 15.2 Å². The Labute approximate surface area is 120 Å².